The zero-order valence-electron chi connectivity index (χ0n) is 15.9. The van der Waals surface area contributed by atoms with Gasteiger partial charge in [-0.15, -0.1) is 0 Å². The molecular formula is C22H20N4O2. The number of para-hydroxylation sites is 1. The molecular weight excluding hydrogens is 352 g/mol. The highest BCUT2D eigenvalue weighted by Crippen LogP contribution is 2.19. The molecule has 140 valence electrons. The molecule has 0 saturated heterocycles. The average molecular weight is 372 g/mol. The number of aromatic amines is 1. The Bertz CT molecular complexity index is 1250. The molecule has 4 rings (SSSR count). The minimum atomic E-state index is -0.441. The molecule has 6 nitrogen and oxygen atoms in total. The van der Waals surface area contributed by atoms with Crippen LogP contribution in [-0.2, 0) is 0 Å². The van der Waals surface area contributed by atoms with Crippen molar-refractivity contribution >= 4 is 22.6 Å². The van der Waals surface area contributed by atoms with Crippen LogP contribution in [0.5, 0.6) is 0 Å². The standard InChI is InChI=1S/C22H20N4O2/c1-13-9-10-14(2)18(11-13)24-22(28)17-12-23-21-19(20(17)27)15(3)25-26(21)16-7-5-4-6-8-16/h4-12H,1-3H3,(H,23,27)(H,24,28). The van der Waals surface area contributed by atoms with E-state index in [-0.39, 0.29) is 11.0 Å². The van der Waals surface area contributed by atoms with Gasteiger partial charge in [0.2, 0.25) is 5.43 Å². The molecule has 0 unspecified atom stereocenters. The quantitative estimate of drug-likeness (QED) is 0.572. The Kier molecular flexibility index (Phi) is 4.31. The molecule has 1 amide bonds. The molecule has 0 aliphatic heterocycles. The summed E-state index contributed by atoms with van der Waals surface area (Å²) in [4.78, 5) is 28.9. The van der Waals surface area contributed by atoms with E-state index >= 15 is 0 Å². The number of aromatic nitrogens is 3. The van der Waals surface area contributed by atoms with E-state index in [1.165, 1.54) is 6.20 Å². The number of rotatable bonds is 3. The smallest absolute Gasteiger partial charge is 0.261 e. The summed E-state index contributed by atoms with van der Waals surface area (Å²) in [7, 11) is 0. The van der Waals surface area contributed by atoms with Gasteiger partial charge >= 0.3 is 0 Å². The lowest BCUT2D eigenvalue weighted by molar-refractivity contribution is 0.102. The Morgan fingerprint density at radius 1 is 1.07 bits per heavy atom. The summed E-state index contributed by atoms with van der Waals surface area (Å²) in [5, 5.41) is 7.74. The molecule has 6 heteroatoms. The molecule has 28 heavy (non-hydrogen) atoms. The molecule has 0 bridgehead atoms. The average Bonchev–Trinajstić information content (AvgIpc) is 3.03. The largest absolute Gasteiger partial charge is 0.345 e. The van der Waals surface area contributed by atoms with Crippen LogP contribution < -0.4 is 10.7 Å². The van der Waals surface area contributed by atoms with Crippen molar-refractivity contribution in [3.05, 3.63) is 87.3 Å². The molecule has 2 heterocycles. The van der Waals surface area contributed by atoms with E-state index < -0.39 is 5.91 Å². The number of benzene rings is 2. The normalized spacial score (nSPS) is 11.0. The number of hydrogen-bond acceptors (Lipinski definition) is 3. The van der Waals surface area contributed by atoms with Crippen molar-refractivity contribution < 1.29 is 4.79 Å². The number of carbonyl (C=O) groups excluding carboxylic acids is 1. The summed E-state index contributed by atoms with van der Waals surface area (Å²) in [6, 6.07) is 15.3. The van der Waals surface area contributed by atoms with E-state index in [0.717, 1.165) is 16.8 Å². The van der Waals surface area contributed by atoms with Crippen molar-refractivity contribution in [3.8, 4) is 5.69 Å². The first-order valence-electron chi connectivity index (χ1n) is 9.01. The summed E-state index contributed by atoms with van der Waals surface area (Å²) in [6.07, 6.45) is 1.45. The number of aryl methyl sites for hydroxylation is 3. The summed E-state index contributed by atoms with van der Waals surface area (Å²) in [6.45, 7) is 5.63. The van der Waals surface area contributed by atoms with Crippen molar-refractivity contribution in [2.75, 3.05) is 5.32 Å². The van der Waals surface area contributed by atoms with Gasteiger partial charge in [-0.25, -0.2) is 4.68 Å². The van der Waals surface area contributed by atoms with Gasteiger partial charge in [-0.05, 0) is 50.1 Å². The molecule has 0 aliphatic rings. The fourth-order valence-electron chi connectivity index (χ4n) is 3.26. The Morgan fingerprint density at radius 3 is 2.57 bits per heavy atom. The minimum Gasteiger partial charge on any atom is -0.345 e. The molecule has 4 aromatic rings. The molecule has 0 radical (unpaired) electrons. The predicted molar refractivity (Wildman–Crippen MR) is 110 cm³/mol. The third-order valence-electron chi connectivity index (χ3n) is 4.77. The first kappa shape index (κ1) is 17.7. The van der Waals surface area contributed by atoms with Crippen LogP contribution in [0.3, 0.4) is 0 Å². The van der Waals surface area contributed by atoms with Crippen molar-refractivity contribution in [3.63, 3.8) is 0 Å². The minimum absolute atomic E-state index is 0.0594. The number of anilines is 1. The van der Waals surface area contributed by atoms with Crippen LogP contribution in [-0.4, -0.2) is 20.7 Å². The Hall–Kier alpha value is -3.67. The van der Waals surface area contributed by atoms with Gasteiger partial charge in [0.15, 0.2) is 0 Å². The van der Waals surface area contributed by atoms with E-state index in [2.05, 4.69) is 15.4 Å². The van der Waals surface area contributed by atoms with Gasteiger partial charge in [-0.1, -0.05) is 30.3 Å². The van der Waals surface area contributed by atoms with Crippen molar-refractivity contribution in [1.82, 2.24) is 14.8 Å². The maximum atomic E-state index is 13.0. The van der Waals surface area contributed by atoms with Crippen LogP contribution in [0.1, 0.15) is 27.2 Å². The summed E-state index contributed by atoms with van der Waals surface area (Å²) >= 11 is 0. The van der Waals surface area contributed by atoms with E-state index in [1.807, 2.05) is 62.4 Å². The fourth-order valence-corrected chi connectivity index (χ4v) is 3.26. The second-order valence-corrected chi connectivity index (χ2v) is 6.86. The van der Waals surface area contributed by atoms with E-state index in [9.17, 15) is 9.59 Å². The second kappa shape index (κ2) is 6.81. The highest BCUT2D eigenvalue weighted by molar-refractivity contribution is 6.06. The van der Waals surface area contributed by atoms with Crippen LogP contribution in [0.2, 0.25) is 0 Å². The molecule has 0 fully saturated rings. The molecule has 0 saturated carbocycles. The van der Waals surface area contributed by atoms with Crippen LogP contribution in [0.4, 0.5) is 5.69 Å². The van der Waals surface area contributed by atoms with Crippen molar-refractivity contribution in [2.45, 2.75) is 20.8 Å². The van der Waals surface area contributed by atoms with Gasteiger partial charge in [-0.3, -0.25) is 9.59 Å². The summed E-state index contributed by atoms with van der Waals surface area (Å²) in [5.41, 5.74) is 4.36. The Balaban J connectivity index is 1.78. The van der Waals surface area contributed by atoms with Crippen LogP contribution >= 0.6 is 0 Å². The van der Waals surface area contributed by atoms with Crippen molar-refractivity contribution in [1.29, 1.82) is 0 Å². The van der Waals surface area contributed by atoms with E-state index in [1.54, 1.807) is 11.6 Å². The number of pyridine rings is 1. The zero-order valence-corrected chi connectivity index (χ0v) is 15.9. The van der Waals surface area contributed by atoms with Crippen LogP contribution in [0.25, 0.3) is 16.7 Å². The topological polar surface area (TPSA) is 79.8 Å². The maximum absolute atomic E-state index is 13.0. The number of fused-ring (bicyclic) bond motifs is 1. The van der Waals surface area contributed by atoms with E-state index in [0.29, 0.717) is 22.4 Å². The first-order chi connectivity index (χ1) is 13.5. The molecule has 2 aromatic carbocycles. The third kappa shape index (κ3) is 2.99. The number of nitrogens with one attached hydrogen (secondary N) is 2. The molecule has 0 aliphatic carbocycles. The Morgan fingerprint density at radius 2 is 1.82 bits per heavy atom. The fraction of sp³-hybridized carbons (Fsp3) is 0.136. The number of carbonyl (C=O) groups is 1. The Labute approximate surface area is 161 Å². The predicted octanol–water partition coefficient (Wildman–Crippen LogP) is 3.89. The van der Waals surface area contributed by atoms with Crippen LogP contribution in [0.15, 0.2) is 59.5 Å². The van der Waals surface area contributed by atoms with Gasteiger partial charge in [0, 0.05) is 11.9 Å². The lowest BCUT2D eigenvalue weighted by atomic mass is 10.1. The van der Waals surface area contributed by atoms with Gasteiger partial charge in [-0.2, -0.15) is 5.10 Å². The van der Waals surface area contributed by atoms with E-state index in [4.69, 9.17) is 0 Å². The lowest BCUT2D eigenvalue weighted by Crippen LogP contribution is -2.22. The second-order valence-electron chi connectivity index (χ2n) is 6.86. The van der Waals surface area contributed by atoms with Gasteiger partial charge in [0.1, 0.15) is 11.2 Å². The number of hydrogen-bond donors (Lipinski definition) is 2. The maximum Gasteiger partial charge on any atom is 0.261 e. The molecule has 2 aromatic heterocycles. The number of nitrogens with zero attached hydrogens (tertiary/aromatic N) is 2. The molecule has 2 N–H and O–H groups in total. The SMILES string of the molecule is Cc1ccc(C)c(NC(=O)c2c[nH]c3c(c(C)nn3-c3ccccc3)c2=O)c1. The van der Waals surface area contributed by atoms with Gasteiger partial charge < -0.3 is 10.3 Å². The number of H-pyrrole nitrogens is 1. The monoisotopic (exact) mass is 372 g/mol. The van der Waals surface area contributed by atoms with Crippen LogP contribution in [0, 0.1) is 20.8 Å². The highest BCUT2D eigenvalue weighted by atomic mass is 16.2. The highest BCUT2D eigenvalue weighted by Gasteiger charge is 2.19. The summed E-state index contributed by atoms with van der Waals surface area (Å²) in [5.74, 6) is -0.441. The zero-order chi connectivity index (χ0) is 19.8. The molecule has 0 spiro atoms. The van der Waals surface area contributed by atoms with Gasteiger partial charge in [0.25, 0.3) is 5.91 Å². The first-order valence-corrected chi connectivity index (χ1v) is 9.01. The summed E-state index contributed by atoms with van der Waals surface area (Å²) < 4.78 is 1.68. The van der Waals surface area contributed by atoms with Gasteiger partial charge in [0.05, 0.1) is 16.8 Å². The number of amides is 1. The van der Waals surface area contributed by atoms with Crippen molar-refractivity contribution in [2.24, 2.45) is 0 Å². The molecule has 0 atom stereocenters. The third-order valence-corrected chi connectivity index (χ3v) is 4.77. The lowest BCUT2D eigenvalue weighted by Gasteiger charge is -2.09.